The predicted octanol–water partition coefficient (Wildman–Crippen LogP) is 4.13. The van der Waals surface area contributed by atoms with E-state index in [1.807, 2.05) is 41.3 Å². The van der Waals surface area contributed by atoms with Crippen molar-refractivity contribution in [1.82, 2.24) is 4.90 Å². The molecule has 5 nitrogen and oxygen atoms in total. The summed E-state index contributed by atoms with van der Waals surface area (Å²) in [6, 6.07) is 20.5. The molecule has 154 valence electrons. The Kier molecular flexibility index (Phi) is 7.82. The lowest BCUT2D eigenvalue weighted by Crippen LogP contribution is -2.41. The smallest absolute Gasteiger partial charge is 0.306 e. The number of rotatable bonds is 8. The van der Waals surface area contributed by atoms with Crippen molar-refractivity contribution < 1.29 is 19.1 Å². The van der Waals surface area contributed by atoms with Gasteiger partial charge in [0, 0.05) is 19.5 Å². The van der Waals surface area contributed by atoms with Crippen LogP contribution in [0.3, 0.4) is 0 Å². The van der Waals surface area contributed by atoms with Crippen molar-refractivity contribution in [3.8, 4) is 0 Å². The molecule has 2 aromatic carbocycles. The maximum atomic E-state index is 12.4. The monoisotopic (exact) mass is 395 g/mol. The summed E-state index contributed by atoms with van der Waals surface area (Å²) in [5, 5.41) is 0. The van der Waals surface area contributed by atoms with Crippen LogP contribution in [-0.4, -0.2) is 42.6 Å². The van der Waals surface area contributed by atoms with Crippen LogP contribution in [0.25, 0.3) is 0 Å². The highest BCUT2D eigenvalue weighted by Gasteiger charge is 2.27. The van der Waals surface area contributed by atoms with Gasteiger partial charge in [-0.1, -0.05) is 60.7 Å². The average Bonchev–Trinajstić information content (AvgIpc) is 2.77. The minimum absolute atomic E-state index is 0.0131. The van der Waals surface area contributed by atoms with E-state index < -0.39 is 0 Å². The fraction of sp³-hybridized carbons (Fsp3) is 0.417. The lowest BCUT2D eigenvalue weighted by atomic mass is 10.00. The number of nitrogens with zero attached hydrogens (tertiary/aromatic N) is 1. The van der Waals surface area contributed by atoms with Gasteiger partial charge < -0.3 is 14.4 Å². The molecule has 1 fully saturated rings. The van der Waals surface area contributed by atoms with Crippen molar-refractivity contribution in [2.24, 2.45) is 0 Å². The molecule has 5 heteroatoms. The van der Waals surface area contributed by atoms with Crippen LogP contribution in [-0.2, 0) is 19.1 Å². The van der Waals surface area contributed by atoms with Gasteiger partial charge in [0.25, 0.3) is 0 Å². The zero-order valence-electron chi connectivity index (χ0n) is 17.0. The Labute approximate surface area is 172 Å². The van der Waals surface area contributed by atoms with Gasteiger partial charge in [0.1, 0.15) is 6.10 Å². The average molecular weight is 395 g/mol. The maximum Gasteiger partial charge on any atom is 0.306 e. The number of benzene rings is 2. The molecule has 0 saturated carbocycles. The van der Waals surface area contributed by atoms with Crippen LogP contribution >= 0.6 is 0 Å². The molecule has 1 heterocycles. The first-order chi connectivity index (χ1) is 14.2. The van der Waals surface area contributed by atoms with Crippen LogP contribution in [0.4, 0.5) is 0 Å². The zero-order chi connectivity index (χ0) is 20.5. The Morgan fingerprint density at radius 3 is 2.00 bits per heavy atom. The number of ether oxygens (including phenoxy) is 2. The molecule has 1 amide bonds. The second-order valence-electron chi connectivity index (χ2n) is 7.22. The van der Waals surface area contributed by atoms with E-state index in [1.54, 1.807) is 6.92 Å². The Bertz CT molecular complexity index is 730. The predicted molar refractivity (Wildman–Crippen MR) is 111 cm³/mol. The maximum absolute atomic E-state index is 12.4. The van der Waals surface area contributed by atoms with E-state index in [1.165, 1.54) is 0 Å². The van der Waals surface area contributed by atoms with Crippen molar-refractivity contribution in [3.05, 3.63) is 71.8 Å². The van der Waals surface area contributed by atoms with Gasteiger partial charge in [-0.05, 0) is 30.9 Å². The summed E-state index contributed by atoms with van der Waals surface area (Å²) in [7, 11) is 0. The van der Waals surface area contributed by atoms with Crippen molar-refractivity contribution in [2.45, 2.75) is 44.8 Å². The van der Waals surface area contributed by atoms with Gasteiger partial charge in [0.2, 0.25) is 5.91 Å². The van der Waals surface area contributed by atoms with E-state index >= 15 is 0 Å². The summed E-state index contributed by atoms with van der Waals surface area (Å²) >= 11 is 0. The molecule has 0 aliphatic carbocycles. The van der Waals surface area contributed by atoms with Gasteiger partial charge in [-0.3, -0.25) is 9.59 Å². The van der Waals surface area contributed by atoms with Gasteiger partial charge in [-0.15, -0.1) is 0 Å². The first kappa shape index (κ1) is 21.1. The molecule has 0 unspecified atom stereocenters. The van der Waals surface area contributed by atoms with Gasteiger partial charge in [-0.2, -0.15) is 0 Å². The van der Waals surface area contributed by atoms with Crippen molar-refractivity contribution in [2.75, 3.05) is 19.7 Å². The first-order valence-corrected chi connectivity index (χ1v) is 10.4. The minimum atomic E-state index is -0.312. The number of amides is 1. The second-order valence-corrected chi connectivity index (χ2v) is 7.22. The van der Waals surface area contributed by atoms with E-state index in [0.717, 1.165) is 24.0 Å². The second kappa shape index (κ2) is 10.8. The van der Waals surface area contributed by atoms with E-state index in [4.69, 9.17) is 9.47 Å². The summed E-state index contributed by atoms with van der Waals surface area (Å²) < 4.78 is 11.4. The Balaban J connectivity index is 1.55. The number of likely N-dealkylation sites (tertiary alicyclic amines) is 1. The number of hydrogen-bond acceptors (Lipinski definition) is 4. The lowest BCUT2D eigenvalue weighted by Gasteiger charge is -2.34. The van der Waals surface area contributed by atoms with Crippen molar-refractivity contribution >= 4 is 11.9 Å². The third-order valence-corrected chi connectivity index (χ3v) is 5.18. The standard InChI is InChI=1S/C24H29NO4/c1-2-28-23(27)14-13-22(26)25-17-15-21(16-18-25)29-24(19-9-5-3-6-10-19)20-11-7-4-8-12-20/h3-12,21,24H,2,13-18H2,1H3. The quantitative estimate of drug-likeness (QED) is 0.631. The molecule has 0 N–H and O–H groups in total. The van der Waals surface area contributed by atoms with Crippen LogP contribution < -0.4 is 0 Å². The highest BCUT2D eigenvalue weighted by molar-refractivity contribution is 5.81. The van der Waals surface area contributed by atoms with E-state index in [-0.39, 0.29) is 36.9 Å². The molecular weight excluding hydrogens is 366 g/mol. The Morgan fingerprint density at radius 2 is 1.48 bits per heavy atom. The SMILES string of the molecule is CCOC(=O)CCC(=O)N1CCC(OC(c2ccccc2)c2ccccc2)CC1. The van der Waals surface area contributed by atoms with Gasteiger partial charge in [0.05, 0.1) is 19.1 Å². The largest absolute Gasteiger partial charge is 0.466 e. The summed E-state index contributed by atoms with van der Waals surface area (Å²) in [6.45, 7) is 3.42. The number of esters is 1. The Morgan fingerprint density at radius 1 is 0.931 bits per heavy atom. The molecule has 2 aromatic rings. The molecule has 0 aromatic heterocycles. The van der Waals surface area contributed by atoms with Crippen LogP contribution in [0.15, 0.2) is 60.7 Å². The van der Waals surface area contributed by atoms with Gasteiger partial charge in [0.15, 0.2) is 0 Å². The summed E-state index contributed by atoms with van der Waals surface area (Å²) in [6.07, 6.45) is 1.92. The highest BCUT2D eigenvalue weighted by Crippen LogP contribution is 2.30. The van der Waals surface area contributed by atoms with E-state index in [2.05, 4.69) is 24.3 Å². The molecule has 1 aliphatic heterocycles. The number of carbonyl (C=O) groups excluding carboxylic acids is 2. The van der Waals surface area contributed by atoms with Crippen molar-refractivity contribution in [3.63, 3.8) is 0 Å². The highest BCUT2D eigenvalue weighted by atomic mass is 16.5. The molecule has 0 spiro atoms. The molecule has 3 rings (SSSR count). The van der Waals surface area contributed by atoms with Crippen molar-refractivity contribution in [1.29, 1.82) is 0 Å². The topological polar surface area (TPSA) is 55.8 Å². The Hall–Kier alpha value is -2.66. The van der Waals surface area contributed by atoms with E-state index in [0.29, 0.717) is 19.7 Å². The fourth-order valence-corrected chi connectivity index (χ4v) is 3.64. The molecule has 1 aliphatic rings. The number of piperidine rings is 1. The number of carbonyl (C=O) groups is 2. The van der Waals surface area contributed by atoms with Gasteiger partial charge in [-0.25, -0.2) is 0 Å². The molecule has 29 heavy (non-hydrogen) atoms. The minimum Gasteiger partial charge on any atom is -0.466 e. The van der Waals surface area contributed by atoms with Crippen LogP contribution in [0, 0.1) is 0 Å². The third kappa shape index (κ3) is 6.16. The molecule has 0 radical (unpaired) electrons. The molecule has 0 atom stereocenters. The molecule has 0 bridgehead atoms. The van der Waals surface area contributed by atoms with Gasteiger partial charge >= 0.3 is 5.97 Å². The first-order valence-electron chi connectivity index (χ1n) is 10.4. The van der Waals surface area contributed by atoms with Crippen LogP contribution in [0.1, 0.15) is 49.8 Å². The zero-order valence-corrected chi connectivity index (χ0v) is 17.0. The third-order valence-electron chi connectivity index (χ3n) is 5.18. The normalized spacial score (nSPS) is 14.8. The lowest BCUT2D eigenvalue weighted by molar-refractivity contribution is -0.146. The number of hydrogen-bond donors (Lipinski definition) is 0. The fourth-order valence-electron chi connectivity index (χ4n) is 3.64. The summed E-state index contributed by atoms with van der Waals surface area (Å²) in [4.78, 5) is 25.6. The summed E-state index contributed by atoms with van der Waals surface area (Å²) in [5.74, 6) is -0.299. The van der Waals surface area contributed by atoms with Crippen LogP contribution in [0.5, 0.6) is 0 Å². The molecule has 1 saturated heterocycles. The molecular formula is C24H29NO4. The van der Waals surface area contributed by atoms with E-state index in [9.17, 15) is 9.59 Å². The van der Waals surface area contributed by atoms with Crippen LogP contribution in [0.2, 0.25) is 0 Å². The summed E-state index contributed by atoms with van der Waals surface area (Å²) in [5.41, 5.74) is 2.26.